The van der Waals surface area contributed by atoms with Crippen molar-refractivity contribution >= 4 is 11.6 Å². The monoisotopic (exact) mass is 285 g/mol. The molecule has 1 amide bonds. The maximum atomic E-state index is 12.8. The van der Waals surface area contributed by atoms with E-state index in [4.69, 9.17) is 0 Å². The summed E-state index contributed by atoms with van der Waals surface area (Å²) in [5, 5.41) is 2.38. The van der Waals surface area contributed by atoms with Crippen molar-refractivity contribution in [1.29, 1.82) is 0 Å². The molecule has 1 saturated carbocycles. The van der Waals surface area contributed by atoms with Crippen molar-refractivity contribution in [2.45, 2.75) is 44.7 Å². The van der Waals surface area contributed by atoms with Gasteiger partial charge >= 0.3 is 6.18 Å². The third kappa shape index (κ3) is 3.99. The minimum absolute atomic E-state index is 0.156. The van der Waals surface area contributed by atoms with Gasteiger partial charge in [-0.05, 0) is 24.5 Å². The van der Waals surface area contributed by atoms with Crippen molar-refractivity contribution in [1.82, 2.24) is 0 Å². The Balaban J connectivity index is 1.93. The van der Waals surface area contributed by atoms with Gasteiger partial charge in [-0.25, -0.2) is 0 Å². The van der Waals surface area contributed by atoms with Crippen molar-refractivity contribution in [2.24, 2.45) is 5.92 Å². The molecule has 0 bridgehead atoms. The highest BCUT2D eigenvalue weighted by molar-refractivity contribution is 5.91. The lowest BCUT2D eigenvalue weighted by atomic mass is 10.0. The average molecular weight is 285 g/mol. The molecule has 0 atom stereocenters. The fraction of sp³-hybridized carbons (Fsp3) is 0.533. The summed E-state index contributed by atoms with van der Waals surface area (Å²) < 4.78 is 38.3. The zero-order valence-electron chi connectivity index (χ0n) is 11.2. The van der Waals surface area contributed by atoms with Crippen LogP contribution >= 0.6 is 0 Å². The van der Waals surface area contributed by atoms with Gasteiger partial charge < -0.3 is 5.32 Å². The zero-order chi connectivity index (χ0) is 14.6. The molecule has 0 saturated heterocycles. The highest BCUT2D eigenvalue weighted by Crippen LogP contribution is 2.35. The highest BCUT2D eigenvalue weighted by atomic mass is 19.4. The predicted octanol–water partition coefficient (Wildman–Crippen LogP) is 4.61. The third-order valence-corrected chi connectivity index (χ3v) is 3.76. The summed E-state index contributed by atoms with van der Waals surface area (Å²) in [6.45, 7) is 0. The molecule has 1 N–H and O–H groups in total. The van der Waals surface area contributed by atoms with E-state index >= 15 is 0 Å². The van der Waals surface area contributed by atoms with Gasteiger partial charge in [0.05, 0.1) is 11.3 Å². The van der Waals surface area contributed by atoms with Gasteiger partial charge in [-0.2, -0.15) is 13.2 Å². The number of benzene rings is 1. The molecule has 110 valence electrons. The van der Waals surface area contributed by atoms with E-state index < -0.39 is 11.7 Å². The van der Waals surface area contributed by atoms with Crippen LogP contribution in [0.4, 0.5) is 18.9 Å². The summed E-state index contributed by atoms with van der Waals surface area (Å²) in [5.74, 6) is 0.215. The zero-order valence-corrected chi connectivity index (χ0v) is 11.2. The van der Waals surface area contributed by atoms with Crippen LogP contribution < -0.4 is 5.32 Å². The molecule has 0 unspecified atom stereocenters. The van der Waals surface area contributed by atoms with Gasteiger partial charge in [-0.15, -0.1) is 0 Å². The summed E-state index contributed by atoms with van der Waals surface area (Å²) in [4.78, 5) is 11.8. The first-order chi connectivity index (χ1) is 9.47. The Hall–Kier alpha value is -1.52. The van der Waals surface area contributed by atoms with Gasteiger partial charge in [0.1, 0.15) is 0 Å². The second-order valence-electron chi connectivity index (χ2n) is 5.28. The Morgan fingerprint density at radius 2 is 1.85 bits per heavy atom. The number of amides is 1. The van der Waals surface area contributed by atoms with Gasteiger partial charge in [-0.3, -0.25) is 4.79 Å². The third-order valence-electron chi connectivity index (χ3n) is 3.76. The lowest BCUT2D eigenvalue weighted by Gasteiger charge is -2.14. The van der Waals surface area contributed by atoms with Crippen molar-refractivity contribution in [2.75, 3.05) is 5.32 Å². The number of anilines is 1. The Kier molecular flexibility index (Phi) is 4.68. The van der Waals surface area contributed by atoms with E-state index in [2.05, 4.69) is 5.32 Å². The van der Waals surface area contributed by atoms with E-state index in [0.717, 1.165) is 25.3 Å². The van der Waals surface area contributed by atoms with Crippen LogP contribution in [0.25, 0.3) is 0 Å². The van der Waals surface area contributed by atoms with Crippen molar-refractivity contribution in [3.8, 4) is 0 Å². The SMILES string of the molecule is O=C(CCC1CCCC1)Nc1ccccc1C(F)(F)F. The first-order valence-corrected chi connectivity index (χ1v) is 6.93. The molecule has 1 aliphatic rings. The van der Waals surface area contributed by atoms with Crippen molar-refractivity contribution < 1.29 is 18.0 Å². The lowest BCUT2D eigenvalue weighted by molar-refractivity contribution is -0.137. The Labute approximate surface area is 116 Å². The predicted molar refractivity (Wildman–Crippen MR) is 71.3 cm³/mol. The lowest BCUT2D eigenvalue weighted by Crippen LogP contribution is -2.17. The van der Waals surface area contributed by atoms with Gasteiger partial charge in [0.15, 0.2) is 0 Å². The smallest absolute Gasteiger partial charge is 0.326 e. The maximum Gasteiger partial charge on any atom is 0.418 e. The van der Waals surface area contributed by atoms with Crippen LogP contribution in [0.15, 0.2) is 24.3 Å². The van der Waals surface area contributed by atoms with Gasteiger partial charge in [0.25, 0.3) is 0 Å². The van der Waals surface area contributed by atoms with E-state index in [-0.39, 0.29) is 18.0 Å². The molecule has 2 nitrogen and oxygen atoms in total. The number of hydrogen-bond acceptors (Lipinski definition) is 1. The number of halogens is 3. The molecule has 20 heavy (non-hydrogen) atoms. The molecule has 1 fully saturated rings. The molecular weight excluding hydrogens is 267 g/mol. The van der Waals surface area contributed by atoms with Crippen molar-refractivity contribution in [3.05, 3.63) is 29.8 Å². The topological polar surface area (TPSA) is 29.1 Å². The van der Waals surface area contributed by atoms with Crippen LogP contribution in [0, 0.1) is 5.92 Å². The summed E-state index contributed by atoms with van der Waals surface area (Å²) >= 11 is 0. The second-order valence-corrected chi connectivity index (χ2v) is 5.28. The maximum absolute atomic E-state index is 12.8. The largest absolute Gasteiger partial charge is 0.418 e. The summed E-state index contributed by atoms with van der Waals surface area (Å²) in [5.41, 5.74) is -0.953. The van der Waals surface area contributed by atoms with Crippen LogP contribution in [-0.2, 0) is 11.0 Å². The van der Waals surface area contributed by atoms with Crippen LogP contribution in [0.2, 0.25) is 0 Å². The molecule has 0 radical (unpaired) electrons. The Morgan fingerprint density at radius 1 is 1.20 bits per heavy atom. The minimum Gasteiger partial charge on any atom is -0.326 e. The van der Waals surface area contributed by atoms with Crippen LogP contribution in [0.5, 0.6) is 0 Å². The van der Waals surface area contributed by atoms with E-state index in [9.17, 15) is 18.0 Å². The number of rotatable bonds is 4. The number of nitrogens with one attached hydrogen (secondary N) is 1. The molecule has 0 aliphatic heterocycles. The first kappa shape index (κ1) is 14.9. The molecule has 0 aromatic heterocycles. The van der Waals surface area contributed by atoms with Crippen LogP contribution in [-0.4, -0.2) is 5.91 Å². The standard InChI is InChI=1S/C15H18F3NO/c16-15(17,18)12-7-3-4-8-13(12)19-14(20)10-9-11-5-1-2-6-11/h3-4,7-8,11H,1-2,5-6,9-10H2,(H,19,20). The molecule has 1 aromatic carbocycles. The molecule has 5 heteroatoms. The summed E-state index contributed by atoms with van der Waals surface area (Å²) in [6.07, 6.45) is 1.26. The Bertz CT molecular complexity index is 464. The quantitative estimate of drug-likeness (QED) is 0.859. The molecule has 2 rings (SSSR count). The van der Waals surface area contributed by atoms with Crippen LogP contribution in [0.1, 0.15) is 44.1 Å². The minimum atomic E-state index is -4.45. The highest BCUT2D eigenvalue weighted by Gasteiger charge is 2.33. The fourth-order valence-corrected chi connectivity index (χ4v) is 2.69. The van der Waals surface area contributed by atoms with Gasteiger partial charge in [0, 0.05) is 6.42 Å². The number of carbonyl (C=O) groups is 1. The Morgan fingerprint density at radius 3 is 2.50 bits per heavy atom. The van der Waals surface area contributed by atoms with Gasteiger partial charge in [-0.1, -0.05) is 37.8 Å². The molecule has 0 heterocycles. The number of carbonyl (C=O) groups excluding carboxylic acids is 1. The number of alkyl halides is 3. The molecule has 1 aromatic rings. The van der Waals surface area contributed by atoms with Crippen molar-refractivity contribution in [3.63, 3.8) is 0 Å². The number of para-hydroxylation sites is 1. The second kappa shape index (κ2) is 6.29. The molecular formula is C15H18F3NO. The molecule has 1 aliphatic carbocycles. The normalized spacial score (nSPS) is 16.4. The number of hydrogen-bond donors (Lipinski definition) is 1. The fourth-order valence-electron chi connectivity index (χ4n) is 2.69. The molecule has 0 spiro atoms. The van der Waals surface area contributed by atoms with E-state index in [1.165, 1.54) is 31.0 Å². The van der Waals surface area contributed by atoms with E-state index in [1.54, 1.807) is 0 Å². The first-order valence-electron chi connectivity index (χ1n) is 6.93. The van der Waals surface area contributed by atoms with Crippen LogP contribution in [0.3, 0.4) is 0 Å². The van der Waals surface area contributed by atoms with Gasteiger partial charge in [0.2, 0.25) is 5.91 Å². The summed E-state index contributed by atoms with van der Waals surface area (Å²) in [6, 6.07) is 5.07. The van der Waals surface area contributed by atoms with E-state index in [0.29, 0.717) is 5.92 Å². The average Bonchev–Trinajstić information content (AvgIpc) is 2.89. The summed E-state index contributed by atoms with van der Waals surface area (Å²) in [7, 11) is 0. The van der Waals surface area contributed by atoms with E-state index in [1.807, 2.05) is 0 Å².